The molecule has 94 valence electrons. The van der Waals surface area contributed by atoms with Gasteiger partial charge in [0.05, 0.1) is 11.4 Å². The van der Waals surface area contributed by atoms with Crippen LogP contribution in [0, 0.1) is 12.7 Å². The number of nitrogens with one attached hydrogen (secondary N) is 1. The number of nitrogen functional groups attached to an aromatic ring is 1. The second-order valence-corrected chi connectivity index (χ2v) is 5.04. The minimum Gasteiger partial charge on any atom is -0.397 e. The first-order valence-corrected chi connectivity index (χ1v) is 6.40. The van der Waals surface area contributed by atoms with Crippen molar-refractivity contribution in [3.05, 3.63) is 57.8 Å². The van der Waals surface area contributed by atoms with Crippen molar-refractivity contribution >= 4 is 27.3 Å². The molecule has 3 N–H and O–H groups in total. The molecular formula is C14H14BrFN2. The van der Waals surface area contributed by atoms with E-state index in [4.69, 9.17) is 5.73 Å². The van der Waals surface area contributed by atoms with Crippen LogP contribution >= 0.6 is 15.9 Å². The van der Waals surface area contributed by atoms with Gasteiger partial charge in [0.1, 0.15) is 5.82 Å². The number of hydrogen-bond acceptors (Lipinski definition) is 2. The Labute approximate surface area is 114 Å². The van der Waals surface area contributed by atoms with Crippen molar-refractivity contribution in [1.29, 1.82) is 0 Å². The monoisotopic (exact) mass is 308 g/mol. The summed E-state index contributed by atoms with van der Waals surface area (Å²) < 4.78 is 14.4. The molecule has 2 aromatic carbocycles. The SMILES string of the molecule is Cc1cccc(NCc2cc(Br)ccc2F)c1N. The van der Waals surface area contributed by atoms with Crippen LogP contribution < -0.4 is 11.1 Å². The minimum atomic E-state index is -0.225. The normalized spacial score (nSPS) is 10.4. The number of hydrogen-bond donors (Lipinski definition) is 2. The molecule has 0 unspecified atom stereocenters. The maximum absolute atomic E-state index is 13.6. The molecule has 0 aliphatic carbocycles. The van der Waals surface area contributed by atoms with Gasteiger partial charge >= 0.3 is 0 Å². The van der Waals surface area contributed by atoms with Crippen LogP contribution in [0.25, 0.3) is 0 Å². The predicted octanol–water partition coefficient (Wildman–Crippen LogP) is 4.09. The summed E-state index contributed by atoms with van der Waals surface area (Å²) in [4.78, 5) is 0. The Morgan fingerprint density at radius 1 is 1.28 bits per heavy atom. The fourth-order valence-electron chi connectivity index (χ4n) is 1.70. The highest BCUT2D eigenvalue weighted by molar-refractivity contribution is 9.10. The van der Waals surface area contributed by atoms with Crippen LogP contribution in [0.3, 0.4) is 0 Å². The summed E-state index contributed by atoms with van der Waals surface area (Å²) in [7, 11) is 0. The van der Waals surface area contributed by atoms with Crippen molar-refractivity contribution in [2.45, 2.75) is 13.5 Å². The highest BCUT2D eigenvalue weighted by atomic mass is 79.9. The third-order valence-electron chi connectivity index (χ3n) is 2.80. The fourth-order valence-corrected chi connectivity index (χ4v) is 2.11. The fraction of sp³-hybridized carbons (Fsp3) is 0.143. The summed E-state index contributed by atoms with van der Waals surface area (Å²) in [5.41, 5.74) is 9.09. The number of para-hydroxylation sites is 1. The molecule has 0 bridgehead atoms. The highest BCUT2D eigenvalue weighted by Gasteiger charge is 2.05. The summed E-state index contributed by atoms with van der Waals surface area (Å²) in [6.07, 6.45) is 0. The Kier molecular flexibility index (Phi) is 3.87. The van der Waals surface area contributed by atoms with Crippen LogP contribution in [-0.2, 0) is 6.54 Å². The van der Waals surface area contributed by atoms with Crippen molar-refractivity contribution in [2.24, 2.45) is 0 Å². The summed E-state index contributed by atoms with van der Waals surface area (Å²) in [5, 5.41) is 3.15. The maximum Gasteiger partial charge on any atom is 0.128 e. The number of rotatable bonds is 3. The quantitative estimate of drug-likeness (QED) is 0.838. The van der Waals surface area contributed by atoms with Gasteiger partial charge in [-0.15, -0.1) is 0 Å². The predicted molar refractivity (Wildman–Crippen MR) is 77.0 cm³/mol. The lowest BCUT2D eigenvalue weighted by atomic mass is 10.1. The van der Waals surface area contributed by atoms with E-state index in [0.29, 0.717) is 17.8 Å². The second kappa shape index (κ2) is 5.40. The third kappa shape index (κ3) is 2.82. The zero-order valence-corrected chi connectivity index (χ0v) is 11.6. The zero-order valence-electron chi connectivity index (χ0n) is 10.0. The molecule has 2 aromatic rings. The van der Waals surface area contributed by atoms with E-state index in [1.54, 1.807) is 12.1 Å². The van der Waals surface area contributed by atoms with Crippen LogP contribution in [0.2, 0.25) is 0 Å². The molecule has 0 amide bonds. The first-order valence-electron chi connectivity index (χ1n) is 5.61. The van der Waals surface area contributed by atoms with Gasteiger partial charge in [-0.1, -0.05) is 28.1 Å². The summed E-state index contributed by atoms with van der Waals surface area (Å²) >= 11 is 3.33. The molecular weight excluding hydrogens is 295 g/mol. The second-order valence-electron chi connectivity index (χ2n) is 4.13. The Hall–Kier alpha value is -1.55. The number of halogens is 2. The van der Waals surface area contributed by atoms with Gasteiger partial charge in [-0.2, -0.15) is 0 Å². The van der Waals surface area contributed by atoms with E-state index in [0.717, 1.165) is 15.7 Å². The maximum atomic E-state index is 13.6. The first-order chi connectivity index (χ1) is 8.58. The number of aryl methyl sites for hydroxylation is 1. The van der Waals surface area contributed by atoms with Crippen molar-refractivity contribution in [1.82, 2.24) is 0 Å². The third-order valence-corrected chi connectivity index (χ3v) is 3.29. The van der Waals surface area contributed by atoms with Gasteiger partial charge in [0.25, 0.3) is 0 Å². The highest BCUT2D eigenvalue weighted by Crippen LogP contribution is 2.23. The van der Waals surface area contributed by atoms with E-state index in [2.05, 4.69) is 21.2 Å². The Balaban J connectivity index is 2.16. The van der Waals surface area contributed by atoms with Gasteiger partial charge < -0.3 is 11.1 Å². The van der Waals surface area contributed by atoms with Crippen molar-refractivity contribution < 1.29 is 4.39 Å². The smallest absolute Gasteiger partial charge is 0.128 e. The van der Waals surface area contributed by atoms with E-state index < -0.39 is 0 Å². The molecule has 0 radical (unpaired) electrons. The van der Waals surface area contributed by atoms with E-state index in [-0.39, 0.29) is 5.82 Å². The van der Waals surface area contributed by atoms with Crippen molar-refractivity contribution in [3.63, 3.8) is 0 Å². The van der Waals surface area contributed by atoms with Gasteiger partial charge in [-0.25, -0.2) is 4.39 Å². The van der Waals surface area contributed by atoms with Gasteiger partial charge in [0, 0.05) is 16.6 Å². The lowest BCUT2D eigenvalue weighted by Gasteiger charge is -2.11. The summed E-state index contributed by atoms with van der Waals surface area (Å²) in [6.45, 7) is 2.35. The molecule has 0 aliphatic heterocycles. The Bertz CT molecular complexity index is 568. The molecule has 0 spiro atoms. The van der Waals surface area contributed by atoms with Gasteiger partial charge in [0.2, 0.25) is 0 Å². The number of nitrogens with two attached hydrogens (primary N) is 1. The standard InChI is InChI=1S/C14H14BrFN2/c1-9-3-2-4-13(14(9)17)18-8-10-7-11(15)5-6-12(10)16/h2-7,18H,8,17H2,1H3. The minimum absolute atomic E-state index is 0.225. The molecule has 0 atom stereocenters. The van der Waals surface area contributed by atoms with Gasteiger partial charge in [-0.3, -0.25) is 0 Å². The lowest BCUT2D eigenvalue weighted by Crippen LogP contribution is -2.05. The number of anilines is 2. The van der Waals surface area contributed by atoms with Crippen LogP contribution in [0.4, 0.5) is 15.8 Å². The van der Waals surface area contributed by atoms with Crippen LogP contribution in [0.15, 0.2) is 40.9 Å². The first kappa shape index (κ1) is 12.9. The van der Waals surface area contributed by atoms with Gasteiger partial charge in [0.15, 0.2) is 0 Å². The van der Waals surface area contributed by atoms with Crippen LogP contribution in [0.1, 0.15) is 11.1 Å². The average Bonchev–Trinajstić information content (AvgIpc) is 2.35. The van der Waals surface area contributed by atoms with Crippen LogP contribution in [-0.4, -0.2) is 0 Å². The molecule has 2 nitrogen and oxygen atoms in total. The topological polar surface area (TPSA) is 38.0 Å². The van der Waals surface area contributed by atoms with E-state index in [1.165, 1.54) is 6.07 Å². The van der Waals surface area contributed by atoms with Crippen molar-refractivity contribution in [2.75, 3.05) is 11.1 Å². The van der Waals surface area contributed by atoms with E-state index in [1.807, 2.05) is 25.1 Å². The van der Waals surface area contributed by atoms with Crippen molar-refractivity contribution in [3.8, 4) is 0 Å². The molecule has 18 heavy (non-hydrogen) atoms. The Morgan fingerprint density at radius 2 is 2.06 bits per heavy atom. The molecule has 0 saturated carbocycles. The molecule has 0 saturated heterocycles. The summed E-state index contributed by atoms with van der Waals surface area (Å²) in [5.74, 6) is -0.225. The summed E-state index contributed by atoms with van der Waals surface area (Å²) in [6, 6.07) is 10.6. The lowest BCUT2D eigenvalue weighted by molar-refractivity contribution is 0.612. The largest absolute Gasteiger partial charge is 0.397 e. The molecule has 2 rings (SSSR count). The molecule has 0 fully saturated rings. The van der Waals surface area contributed by atoms with Crippen LogP contribution in [0.5, 0.6) is 0 Å². The van der Waals surface area contributed by atoms with E-state index in [9.17, 15) is 4.39 Å². The zero-order chi connectivity index (χ0) is 13.1. The average molecular weight is 309 g/mol. The van der Waals surface area contributed by atoms with E-state index >= 15 is 0 Å². The molecule has 0 heterocycles. The molecule has 0 aliphatic rings. The molecule has 4 heteroatoms. The number of benzene rings is 2. The molecule has 0 aromatic heterocycles. The Morgan fingerprint density at radius 3 is 2.83 bits per heavy atom. The van der Waals surface area contributed by atoms with Gasteiger partial charge in [-0.05, 0) is 36.8 Å².